The van der Waals surface area contributed by atoms with E-state index in [1.807, 2.05) is 4.90 Å². The van der Waals surface area contributed by atoms with E-state index in [4.69, 9.17) is 0 Å². The van der Waals surface area contributed by atoms with Crippen molar-refractivity contribution >= 4 is 0 Å². The quantitative estimate of drug-likeness (QED) is 0.586. The highest BCUT2D eigenvalue weighted by Gasteiger charge is 2.49. The lowest BCUT2D eigenvalue weighted by Gasteiger charge is -2.57. The maximum atomic E-state index is 9.38. The Morgan fingerprint density at radius 2 is 1.35 bits per heavy atom. The van der Waals surface area contributed by atoms with Gasteiger partial charge >= 0.3 is 0 Å². The summed E-state index contributed by atoms with van der Waals surface area (Å²) in [5.41, 5.74) is -0.487. The van der Waals surface area contributed by atoms with Gasteiger partial charge in [-0.25, -0.2) is 0 Å². The predicted octanol–water partition coefficient (Wildman–Crippen LogP) is 0.604. The van der Waals surface area contributed by atoms with Crippen molar-refractivity contribution < 1.29 is 15.3 Å². The molecule has 3 N–H and O–H groups in total. The van der Waals surface area contributed by atoms with Gasteiger partial charge in [-0.1, -0.05) is 26.7 Å². The largest absolute Gasteiger partial charge is 0.394 e. The molecule has 0 aliphatic carbocycles. The van der Waals surface area contributed by atoms with Crippen LogP contribution in [0.5, 0.6) is 0 Å². The van der Waals surface area contributed by atoms with Crippen LogP contribution in [0.1, 0.15) is 39.5 Å². The smallest absolute Gasteiger partial charge is 0.0906 e. The van der Waals surface area contributed by atoms with Crippen molar-refractivity contribution in [2.75, 3.05) is 32.9 Å². The number of nitrogens with zero attached hydrogens (tertiary/aromatic N) is 1. The second-order valence-electron chi connectivity index (χ2n) is 5.55. The molecule has 0 spiro atoms. The summed E-state index contributed by atoms with van der Waals surface area (Å²) < 4.78 is 0. The number of aliphatic hydroxyl groups excluding tert-OH is 3. The Morgan fingerprint density at radius 3 is 1.65 bits per heavy atom. The van der Waals surface area contributed by atoms with E-state index >= 15 is 0 Å². The lowest BCUT2D eigenvalue weighted by molar-refractivity contribution is -0.139. The van der Waals surface area contributed by atoms with E-state index in [1.165, 1.54) is 12.8 Å². The van der Waals surface area contributed by atoms with Crippen molar-refractivity contribution in [1.82, 2.24) is 4.90 Å². The van der Waals surface area contributed by atoms with Gasteiger partial charge < -0.3 is 15.3 Å². The van der Waals surface area contributed by atoms with Crippen LogP contribution in [0.4, 0.5) is 0 Å². The van der Waals surface area contributed by atoms with Gasteiger partial charge in [0.15, 0.2) is 0 Å². The lowest BCUT2D eigenvalue weighted by atomic mass is 9.70. The molecule has 0 unspecified atom stereocenters. The first-order chi connectivity index (χ1) is 8.12. The molecule has 0 saturated carbocycles. The number of likely N-dealkylation sites (tertiary alicyclic amines) is 1. The molecule has 1 fully saturated rings. The Morgan fingerprint density at radius 1 is 0.941 bits per heavy atom. The Hall–Kier alpha value is -0.160. The second-order valence-corrected chi connectivity index (χ2v) is 5.55. The first-order valence-corrected chi connectivity index (χ1v) is 6.69. The normalized spacial score (nSPS) is 20.3. The number of rotatable bonds is 8. The fourth-order valence-corrected chi connectivity index (χ4v) is 3.05. The molecule has 4 nitrogen and oxygen atoms in total. The molecule has 0 aromatic heterocycles. The van der Waals surface area contributed by atoms with E-state index < -0.39 is 5.54 Å². The van der Waals surface area contributed by atoms with Crippen LogP contribution in [0.3, 0.4) is 0 Å². The van der Waals surface area contributed by atoms with Crippen molar-refractivity contribution in [3.8, 4) is 0 Å². The molecule has 17 heavy (non-hydrogen) atoms. The van der Waals surface area contributed by atoms with E-state index in [0.29, 0.717) is 5.41 Å². The minimum absolute atomic E-state index is 0.186. The molecule has 0 bridgehead atoms. The third-order valence-corrected chi connectivity index (χ3v) is 4.17. The number of hydrogen-bond donors (Lipinski definition) is 3. The zero-order valence-corrected chi connectivity index (χ0v) is 11.2. The van der Waals surface area contributed by atoms with Crippen molar-refractivity contribution in [3.63, 3.8) is 0 Å². The third-order valence-electron chi connectivity index (χ3n) is 4.17. The van der Waals surface area contributed by atoms with Gasteiger partial charge in [-0.15, -0.1) is 0 Å². The molecule has 1 saturated heterocycles. The summed E-state index contributed by atoms with van der Waals surface area (Å²) in [5, 5.41) is 28.1. The van der Waals surface area contributed by atoms with Gasteiger partial charge in [0.05, 0.1) is 25.4 Å². The summed E-state index contributed by atoms with van der Waals surface area (Å²) in [5.74, 6) is 0. The van der Waals surface area contributed by atoms with Gasteiger partial charge in [0.1, 0.15) is 0 Å². The maximum absolute atomic E-state index is 9.38. The highest BCUT2D eigenvalue weighted by atomic mass is 16.3. The average molecular weight is 245 g/mol. The van der Waals surface area contributed by atoms with Crippen molar-refractivity contribution in [2.24, 2.45) is 5.41 Å². The van der Waals surface area contributed by atoms with Crippen molar-refractivity contribution in [2.45, 2.75) is 45.1 Å². The molecule has 1 aliphatic heterocycles. The molecule has 1 heterocycles. The highest BCUT2D eigenvalue weighted by Crippen LogP contribution is 2.42. The topological polar surface area (TPSA) is 63.9 Å². The van der Waals surface area contributed by atoms with Crippen LogP contribution in [-0.2, 0) is 0 Å². The fraction of sp³-hybridized carbons (Fsp3) is 1.00. The molecule has 0 atom stereocenters. The van der Waals surface area contributed by atoms with Crippen LogP contribution >= 0.6 is 0 Å². The monoisotopic (exact) mass is 245 g/mol. The molecular weight excluding hydrogens is 218 g/mol. The van der Waals surface area contributed by atoms with Gasteiger partial charge in [-0.2, -0.15) is 0 Å². The summed E-state index contributed by atoms with van der Waals surface area (Å²) in [6.45, 7) is 5.60. The van der Waals surface area contributed by atoms with E-state index in [0.717, 1.165) is 25.9 Å². The minimum atomic E-state index is -0.828. The molecule has 4 heteroatoms. The summed E-state index contributed by atoms with van der Waals surface area (Å²) >= 11 is 0. The van der Waals surface area contributed by atoms with Gasteiger partial charge in [0.2, 0.25) is 0 Å². The van der Waals surface area contributed by atoms with Gasteiger partial charge in [-0.3, -0.25) is 4.90 Å². The van der Waals surface area contributed by atoms with Crippen LogP contribution in [-0.4, -0.2) is 58.7 Å². The number of aliphatic hydroxyl groups is 3. The molecular formula is C13H27NO3. The fourth-order valence-electron chi connectivity index (χ4n) is 3.05. The molecule has 102 valence electrons. The Kier molecular flexibility index (Phi) is 5.38. The maximum Gasteiger partial charge on any atom is 0.0906 e. The third kappa shape index (κ3) is 2.81. The molecule has 0 aromatic carbocycles. The van der Waals surface area contributed by atoms with E-state index in [-0.39, 0.29) is 19.8 Å². The zero-order chi connectivity index (χ0) is 12.9. The summed E-state index contributed by atoms with van der Waals surface area (Å²) in [7, 11) is 0. The standard InChI is InChI=1S/C13H27NO3/c1-3-5-12(6-4-2)7-14(8-12)13(9-15,10-16)11-17/h15-17H,3-11H2,1-2H3. The minimum Gasteiger partial charge on any atom is -0.394 e. The highest BCUT2D eigenvalue weighted by molar-refractivity contribution is 5.03. The van der Waals surface area contributed by atoms with Crippen molar-refractivity contribution in [3.05, 3.63) is 0 Å². The first kappa shape index (κ1) is 14.9. The van der Waals surface area contributed by atoms with Crippen LogP contribution in [0.15, 0.2) is 0 Å². The Balaban J connectivity index is 2.62. The average Bonchev–Trinajstić information content (AvgIpc) is 2.30. The predicted molar refractivity (Wildman–Crippen MR) is 67.8 cm³/mol. The zero-order valence-electron chi connectivity index (χ0n) is 11.2. The SMILES string of the molecule is CCCC1(CCC)CN(C(CO)(CO)CO)C1. The van der Waals surface area contributed by atoms with Crippen LogP contribution in [0, 0.1) is 5.41 Å². The molecule has 0 aromatic rings. The van der Waals surface area contributed by atoms with Gasteiger partial charge in [0, 0.05) is 13.1 Å². The number of hydrogen-bond acceptors (Lipinski definition) is 4. The molecule has 1 rings (SSSR count). The van der Waals surface area contributed by atoms with Crippen LogP contribution in [0.2, 0.25) is 0 Å². The van der Waals surface area contributed by atoms with Crippen molar-refractivity contribution in [1.29, 1.82) is 0 Å². The lowest BCUT2D eigenvalue weighted by Crippen LogP contribution is -2.69. The van der Waals surface area contributed by atoms with Crippen LogP contribution < -0.4 is 0 Å². The molecule has 1 aliphatic rings. The molecule has 0 amide bonds. The van der Waals surface area contributed by atoms with E-state index in [2.05, 4.69) is 13.8 Å². The Bertz CT molecular complexity index is 206. The summed E-state index contributed by atoms with van der Waals surface area (Å²) in [4.78, 5) is 2.04. The van der Waals surface area contributed by atoms with E-state index in [9.17, 15) is 15.3 Å². The summed E-state index contributed by atoms with van der Waals surface area (Å²) in [6.07, 6.45) is 4.71. The first-order valence-electron chi connectivity index (χ1n) is 6.69. The Labute approximate surface area is 104 Å². The van der Waals surface area contributed by atoms with E-state index in [1.54, 1.807) is 0 Å². The van der Waals surface area contributed by atoms with Gasteiger partial charge in [0.25, 0.3) is 0 Å². The summed E-state index contributed by atoms with van der Waals surface area (Å²) in [6, 6.07) is 0. The second kappa shape index (κ2) is 6.14. The van der Waals surface area contributed by atoms with Gasteiger partial charge in [-0.05, 0) is 18.3 Å². The van der Waals surface area contributed by atoms with Crippen LogP contribution in [0.25, 0.3) is 0 Å². The molecule has 0 radical (unpaired) electrons.